The zero-order valence-electron chi connectivity index (χ0n) is 16.1. The van der Waals surface area contributed by atoms with Crippen LogP contribution in [0.25, 0.3) is 22.5 Å². The summed E-state index contributed by atoms with van der Waals surface area (Å²) in [6.45, 7) is 4.50. The Morgan fingerprint density at radius 2 is 1.90 bits per heavy atom. The molecule has 0 spiro atoms. The van der Waals surface area contributed by atoms with Gasteiger partial charge in [-0.3, -0.25) is 0 Å². The monoisotopic (exact) mass is 387 g/mol. The summed E-state index contributed by atoms with van der Waals surface area (Å²) >= 11 is 0. The van der Waals surface area contributed by atoms with Gasteiger partial charge in [0.1, 0.15) is 5.82 Å². The van der Waals surface area contributed by atoms with E-state index in [0.29, 0.717) is 18.3 Å². The number of nitrogens with zero attached hydrogens (tertiary/aromatic N) is 6. The number of aromatic amines is 1. The molecule has 2 aromatic heterocycles. The van der Waals surface area contributed by atoms with Crippen molar-refractivity contribution in [3.63, 3.8) is 0 Å². The van der Waals surface area contributed by atoms with Crippen LogP contribution in [0.5, 0.6) is 6.01 Å². The molecule has 146 valence electrons. The van der Waals surface area contributed by atoms with Crippen molar-refractivity contribution < 1.29 is 4.74 Å². The lowest BCUT2D eigenvalue weighted by Crippen LogP contribution is -2.06. The molecule has 1 N–H and O–H groups in total. The molecular weight excluding hydrogens is 366 g/mol. The summed E-state index contributed by atoms with van der Waals surface area (Å²) in [5.41, 5.74) is 4.25. The van der Waals surface area contributed by atoms with Gasteiger partial charge in [0.15, 0.2) is 5.82 Å². The number of tetrazole rings is 1. The van der Waals surface area contributed by atoms with E-state index in [4.69, 9.17) is 4.74 Å². The highest BCUT2D eigenvalue weighted by atomic mass is 16.5. The maximum absolute atomic E-state index is 5.19. The van der Waals surface area contributed by atoms with Crippen LogP contribution >= 0.6 is 0 Å². The summed E-state index contributed by atoms with van der Waals surface area (Å²) in [5.74, 6) is 1.51. The van der Waals surface area contributed by atoms with Gasteiger partial charge in [0.25, 0.3) is 0 Å². The molecule has 0 aliphatic carbocycles. The minimum atomic E-state index is 0.385. The number of H-pyrrole nitrogens is 1. The predicted molar refractivity (Wildman–Crippen MR) is 109 cm³/mol. The third-order valence-corrected chi connectivity index (χ3v) is 4.61. The van der Waals surface area contributed by atoms with Crippen LogP contribution in [0.1, 0.15) is 17.8 Å². The van der Waals surface area contributed by atoms with E-state index in [9.17, 15) is 0 Å². The summed E-state index contributed by atoms with van der Waals surface area (Å²) in [5, 5.41) is 18.6. The normalized spacial score (nSPS) is 10.8. The second-order valence-electron chi connectivity index (χ2n) is 6.48. The molecule has 0 aliphatic rings. The number of benzene rings is 2. The van der Waals surface area contributed by atoms with Crippen LogP contribution in [-0.2, 0) is 13.0 Å². The average molecular weight is 387 g/mol. The fourth-order valence-electron chi connectivity index (χ4n) is 3.16. The molecule has 0 fully saturated rings. The smallest absolute Gasteiger partial charge is 0.335 e. The van der Waals surface area contributed by atoms with Crippen molar-refractivity contribution in [1.29, 1.82) is 0 Å². The zero-order valence-corrected chi connectivity index (χ0v) is 16.1. The van der Waals surface area contributed by atoms with E-state index in [1.165, 1.54) is 0 Å². The maximum Gasteiger partial charge on any atom is 0.335 e. The second-order valence-corrected chi connectivity index (χ2v) is 6.48. The lowest BCUT2D eigenvalue weighted by atomic mass is 9.98. The first-order valence-corrected chi connectivity index (χ1v) is 9.29. The van der Waals surface area contributed by atoms with E-state index in [-0.39, 0.29) is 0 Å². The third-order valence-electron chi connectivity index (χ3n) is 4.61. The quantitative estimate of drug-likeness (QED) is 0.466. The molecule has 0 aliphatic heterocycles. The van der Waals surface area contributed by atoms with Crippen LogP contribution in [0.3, 0.4) is 0 Å². The van der Waals surface area contributed by atoms with Crippen LogP contribution in [0.2, 0.25) is 0 Å². The van der Waals surface area contributed by atoms with Crippen LogP contribution in [-0.4, -0.2) is 42.5 Å². The lowest BCUT2D eigenvalue weighted by molar-refractivity contribution is 0.375. The molecule has 0 saturated heterocycles. The number of hydrogen-bond acceptors (Lipinski definition) is 6. The van der Waals surface area contributed by atoms with Crippen molar-refractivity contribution in [3.8, 4) is 28.5 Å². The Hall–Kier alpha value is -3.81. The van der Waals surface area contributed by atoms with Gasteiger partial charge in [-0.15, -0.1) is 16.8 Å². The van der Waals surface area contributed by atoms with Crippen LogP contribution in [0.15, 0.2) is 61.2 Å². The van der Waals surface area contributed by atoms with Crippen molar-refractivity contribution in [2.45, 2.75) is 19.4 Å². The van der Waals surface area contributed by atoms with Gasteiger partial charge in [-0.05, 0) is 33.5 Å². The molecule has 29 heavy (non-hydrogen) atoms. The van der Waals surface area contributed by atoms with Gasteiger partial charge in [0.2, 0.25) is 0 Å². The van der Waals surface area contributed by atoms with Crippen molar-refractivity contribution in [2.75, 3.05) is 7.11 Å². The van der Waals surface area contributed by atoms with Crippen molar-refractivity contribution >= 4 is 0 Å². The van der Waals surface area contributed by atoms with Gasteiger partial charge in [-0.2, -0.15) is 4.98 Å². The first kappa shape index (κ1) is 18.5. The molecule has 8 heteroatoms. The minimum Gasteiger partial charge on any atom is -0.466 e. The summed E-state index contributed by atoms with van der Waals surface area (Å²) < 4.78 is 7.07. The van der Waals surface area contributed by atoms with E-state index in [0.717, 1.165) is 41.0 Å². The topological polar surface area (TPSA) is 94.4 Å². The minimum absolute atomic E-state index is 0.385. The van der Waals surface area contributed by atoms with Crippen molar-refractivity contribution in [3.05, 3.63) is 72.6 Å². The van der Waals surface area contributed by atoms with Gasteiger partial charge in [0.05, 0.1) is 7.11 Å². The summed E-state index contributed by atoms with van der Waals surface area (Å²) in [6.07, 6.45) is 3.36. The van der Waals surface area contributed by atoms with Gasteiger partial charge >= 0.3 is 6.01 Å². The summed E-state index contributed by atoms with van der Waals surface area (Å²) in [4.78, 5) is 4.47. The molecule has 0 saturated carbocycles. The molecule has 8 nitrogen and oxygen atoms in total. The van der Waals surface area contributed by atoms with Crippen molar-refractivity contribution in [2.24, 2.45) is 0 Å². The number of methoxy groups -OCH3 is 1. The number of ether oxygens (including phenoxy) is 1. The maximum atomic E-state index is 5.19. The van der Waals surface area contributed by atoms with Gasteiger partial charge in [0, 0.05) is 18.5 Å². The fraction of sp³-hybridized carbons (Fsp3) is 0.190. The number of allylic oxidation sites excluding steroid dienone is 1. The van der Waals surface area contributed by atoms with Crippen LogP contribution in [0.4, 0.5) is 0 Å². The molecule has 4 rings (SSSR count). The predicted octanol–water partition coefficient (Wildman–Crippen LogP) is 3.30. The Labute approximate surface area is 168 Å². The highest BCUT2D eigenvalue weighted by Gasteiger charge is 2.12. The Kier molecular flexibility index (Phi) is 5.42. The highest BCUT2D eigenvalue weighted by Crippen LogP contribution is 2.30. The molecular formula is C21H21N7O. The Morgan fingerprint density at radius 3 is 2.59 bits per heavy atom. The molecule has 0 amide bonds. The molecule has 2 heterocycles. The standard InChI is InChI=1S/C21H21N7O/c1-3-4-13-28-19(22-21(25-28)29-2)14-15-9-11-16(12-10-15)17-7-5-6-8-18(17)20-23-26-27-24-20/h3,5-12H,1,4,13-14H2,2H3,(H,23,24,26,27). The number of nitrogens with one attached hydrogen (secondary N) is 1. The number of rotatable bonds is 8. The molecule has 4 aromatic rings. The molecule has 0 atom stereocenters. The average Bonchev–Trinajstić information content (AvgIpc) is 3.43. The van der Waals surface area contributed by atoms with E-state index in [2.05, 4.69) is 67.6 Å². The third kappa shape index (κ3) is 4.06. The van der Waals surface area contributed by atoms with Crippen molar-refractivity contribution in [1.82, 2.24) is 35.4 Å². The van der Waals surface area contributed by atoms with E-state index < -0.39 is 0 Å². The molecule has 0 radical (unpaired) electrons. The van der Waals surface area contributed by atoms with E-state index in [1.54, 1.807) is 7.11 Å². The highest BCUT2D eigenvalue weighted by molar-refractivity contribution is 5.80. The van der Waals surface area contributed by atoms with E-state index >= 15 is 0 Å². The van der Waals surface area contributed by atoms with Crippen LogP contribution < -0.4 is 4.74 Å². The Bertz CT molecular complexity index is 1080. The Morgan fingerprint density at radius 1 is 1.10 bits per heavy atom. The summed E-state index contributed by atoms with van der Waals surface area (Å²) in [6, 6.07) is 16.8. The molecule has 0 unspecified atom stereocenters. The van der Waals surface area contributed by atoms with E-state index in [1.807, 2.05) is 29.0 Å². The number of aryl methyl sites for hydroxylation is 1. The second kappa shape index (κ2) is 8.47. The van der Waals surface area contributed by atoms with Crippen LogP contribution in [0, 0.1) is 0 Å². The number of hydrogen-bond donors (Lipinski definition) is 1. The number of aromatic nitrogens is 7. The molecule has 2 aromatic carbocycles. The zero-order chi connectivity index (χ0) is 20.1. The van der Waals surface area contributed by atoms with Gasteiger partial charge < -0.3 is 4.74 Å². The largest absolute Gasteiger partial charge is 0.466 e. The summed E-state index contributed by atoms with van der Waals surface area (Å²) in [7, 11) is 1.58. The lowest BCUT2D eigenvalue weighted by Gasteiger charge is -2.09. The molecule has 0 bridgehead atoms. The first-order valence-electron chi connectivity index (χ1n) is 9.29. The fourth-order valence-corrected chi connectivity index (χ4v) is 3.16. The van der Waals surface area contributed by atoms with Gasteiger partial charge in [-0.1, -0.05) is 54.6 Å². The first-order chi connectivity index (χ1) is 14.3. The Balaban J connectivity index is 1.59. The van der Waals surface area contributed by atoms with Gasteiger partial charge in [-0.25, -0.2) is 9.78 Å². The SMILES string of the molecule is C=CCCn1nc(OC)nc1Cc1ccc(-c2ccccc2-c2nnn[nH]2)cc1.